The number of carboxylic acids is 1. The molecule has 12 heteroatoms. The minimum absolute atomic E-state index is 0.198. The fourth-order valence-electron chi connectivity index (χ4n) is 1.96. The van der Waals surface area contributed by atoms with Crippen molar-refractivity contribution in [2.75, 3.05) is 25.6 Å². The van der Waals surface area contributed by atoms with Crippen molar-refractivity contribution >= 4 is 29.3 Å². The van der Waals surface area contributed by atoms with Gasteiger partial charge in [-0.3, -0.25) is 4.79 Å². The zero-order valence-corrected chi connectivity index (χ0v) is 14.7. The smallest absolute Gasteiger partial charge is 0.354 e. The molecule has 9 nitrogen and oxygen atoms in total. The van der Waals surface area contributed by atoms with Crippen LogP contribution in [0.2, 0.25) is 5.02 Å². The number of carbonyl (C=O) groups excluding carboxylic acids is 1. The van der Waals surface area contributed by atoms with Crippen molar-refractivity contribution in [1.82, 2.24) is 14.8 Å². The van der Waals surface area contributed by atoms with Crippen LogP contribution >= 0.6 is 11.6 Å². The number of methoxy groups -OCH3 is 1. The fraction of sp³-hybridized carbons (Fsp3) is 0.333. The number of rotatable bonds is 9. The quantitative estimate of drug-likeness (QED) is 0.656. The van der Waals surface area contributed by atoms with Crippen molar-refractivity contribution in [1.29, 1.82) is 0 Å². The van der Waals surface area contributed by atoms with E-state index in [2.05, 4.69) is 20.1 Å². The summed E-state index contributed by atoms with van der Waals surface area (Å²) in [5.41, 5.74) is -0.403. The molecule has 0 aliphatic heterocycles. The zero-order chi connectivity index (χ0) is 20.0. The molecule has 0 unspecified atom stereocenters. The first kappa shape index (κ1) is 20.5. The lowest BCUT2D eigenvalue weighted by atomic mass is 10.4. The molecule has 0 radical (unpaired) electrons. The molecule has 0 aromatic carbocycles. The summed E-state index contributed by atoms with van der Waals surface area (Å²) in [5.74, 6) is -5.48. The Hall–Kier alpha value is -2.79. The minimum atomic E-state index is -3.28. The van der Waals surface area contributed by atoms with Gasteiger partial charge in [0.05, 0.1) is 5.02 Å². The molecule has 0 atom stereocenters. The van der Waals surface area contributed by atoms with Gasteiger partial charge in [0, 0.05) is 19.4 Å². The number of pyridine rings is 1. The second kappa shape index (κ2) is 8.73. The summed E-state index contributed by atoms with van der Waals surface area (Å²) in [4.78, 5) is 27.2. The molecule has 27 heavy (non-hydrogen) atoms. The van der Waals surface area contributed by atoms with Gasteiger partial charge in [-0.15, -0.1) is 5.10 Å². The van der Waals surface area contributed by atoms with E-state index in [1.54, 1.807) is 0 Å². The number of anilines is 1. The summed E-state index contributed by atoms with van der Waals surface area (Å²) in [5, 5.41) is 15.7. The van der Waals surface area contributed by atoms with E-state index in [4.69, 9.17) is 16.3 Å². The Kier molecular flexibility index (Phi) is 6.64. The molecule has 0 bridgehead atoms. The van der Waals surface area contributed by atoms with Crippen molar-refractivity contribution < 1.29 is 33.0 Å². The highest BCUT2D eigenvalue weighted by Gasteiger charge is 2.31. The first-order chi connectivity index (χ1) is 12.7. The van der Waals surface area contributed by atoms with E-state index in [0.717, 1.165) is 17.9 Å². The van der Waals surface area contributed by atoms with Crippen LogP contribution in [0.15, 0.2) is 24.4 Å². The highest BCUT2D eigenvalue weighted by molar-refractivity contribution is 6.30. The lowest BCUT2D eigenvalue weighted by molar-refractivity contribution is -0.117. The van der Waals surface area contributed by atoms with E-state index in [1.165, 1.54) is 18.3 Å². The van der Waals surface area contributed by atoms with Crippen LogP contribution in [0.1, 0.15) is 10.5 Å². The molecule has 0 spiro atoms. The largest absolute Gasteiger partial charge is 0.477 e. The van der Waals surface area contributed by atoms with E-state index < -0.39 is 43.3 Å². The van der Waals surface area contributed by atoms with Gasteiger partial charge in [-0.1, -0.05) is 11.6 Å². The number of nitrogens with zero attached hydrogens (tertiary/aromatic N) is 3. The SMILES string of the molecule is COCC(F)(F)COc1cc(C(=O)O)n(CC(=O)Nc2ccc(Cl)cn2)n1. The van der Waals surface area contributed by atoms with Gasteiger partial charge in [-0.2, -0.15) is 0 Å². The summed E-state index contributed by atoms with van der Waals surface area (Å²) < 4.78 is 36.8. The monoisotopic (exact) mass is 404 g/mol. The molecule has 2 aromatic rings. The molecule has 2 N–H and O–H groups in total. The average Bonchev–Trinajstić information content (AvgIpc) is 2.98. The molecule has 0 aliphatic rings. The van der Waals surface area contributed by atoms with Crippen LogP contribution in [0.3, 0.4) is 0 Å². The van der Waals surface area contributed by atoms with E-state index >= 15 is 0 Å². The normalized spacial score (nSPS) is 11.3. The highest BCUT2D eigenvalue weighted by Crippen LogP contribution is 2.18. The third-order valence-electron chi connectivity index (χ3n) is 3.05. The van der Waals surface area contributed by atoms with Crippen LogP contribution in [-0.4, -0.2) is 58.0 Å². The van der Waals surface area contributed by atoms with Gasteiger partial charge in [0.1, 0.15) is 19.0 Å². The number of carboxylic acid groups (broad SMARTS) is 1. The van der Waals surface area contributed by atoms with Gasteiger partial charge < -0.3 is 19.9 Å². The standard InChI is InChI=1S/C15H15ClF2N4O5/c1-26-7-15(17,18)8-27-13-4-10(14(24)25)22(21-13)6-12(23)20-11-3-2-9(16)5-19-11/h2-5H,6-8H2,1H3,(H,24,25)(H,19,20,23). The number of aromatic nitrogens is 3. The summed E-state index contributed by atoms with van der Waals surface area (Å²) in [6.45, 7) is -2.42. The Bertz CT molecular complexity index is 813. The van der Waals surface area contributed by atoms with Gasteiger partial charge >= 0.3 is 11.9 Å². The van der Waals surface area contributed by atoms with Crippen LogP contribution in [-0.2, 0) is 16.1 Å². The lowest BCUT2D eigenvalue weighted by Gasteiger charge is -2.14. The Morgan fingerprint density at radius 2 is 2.11 bits per heavy atom. The molecule has 1 amide bonds. The predicted octanol–water partition coefficient (Wildman–Crippen LogP) is 1.93. The minimum Gasteiger partial charge on any atom is -0.477 e. The maximum Gasteiger partial charge on any atom is 0.354 e. The van der Waals surface area contributed by atoms with E-state index in [0.29, 0.717) is 5.02 Å². The van der Waals surface area contributed by atoms with Gasteiger partial charge in [0.25, 0.3) is 0 Å². The Labute approximate surface area is 156 Å². The Morgan fingerprint density at radius 3 is 2.70 bits per heavy atom. The topological polar surface area (TPSA) is 116 Å². The average molecular weight is 405 g/mol. The number of alkyl halides is 2. The Balaban J connectivity index is 2.06. The molecule has 146 valence electrons. The molecule has 0 saturated heterocycles. The first-order valence-electron chi connectivity index (χ1n) is 7.42. The number of halogens is 3. The summed E-state index contributed by atoms with van der Waals surface area (Å²) in [6, 6.07) is 3.90. The number of carbonyl (C=O) groups is 2. The number of ether oxygens (including phenoxy) is 2. The molecular weight excluding hydrogens is 390 g/mol. The number of hydrogen-bond donors (Lipinski definition) is 2. The molecule has 2 aromatic heterocycles. The fourth-order valence-corrected chi connectivity index (χ4v) is 2.07. The molecule has 0 fully saturated rings. The molecule has 0 saturated carbocycles. The number of amides is 1. The second-order valence-corrected chi connectivity index (χ2v) is 5.75. The summed E-state index contributed by atoms with van der Waals surface area (Å²) in [7, 11) is 1.11. The molecule has 0 aliphatic carbocycles. The lowest BCUT2D eigenvalue weighted by Crippen LogP contribution is -2.31. The van der Waals surface area contributed by atoms with Crippen LogP contribution in [0.4, 0.5) is 14.6 Å². The van der Waals surface area contributed by atoms with Crippen LogP contribution in [0, 0.1) is 0 Å². The number of hydrogen-bond acceptors (Lipinski definition) is 6. The third kappa shape index (κ3) is 6.15. The molecule has 2 rings (SSSR count). The van der Waals surface area contributed by atoms with Gasteiger partial charge in [-0.05, 0) is 12.1 Å². The van der Waals surface area contributed by atoms with Gasteiger partial charge in [-0.25, -0.2) is 23.2 Å². The van der Waals surface area contributed by atoms with Crippen LogP contribution in [0.5, 0.6) is 5.88 Å². The number of aromatic carboxylic acids is 1. The van der Waals surface area contributed by atoms with Gasteiger partial charge in [0.2, 0.25) is 11.8 Å². The van der Waals surface area contributed by atoms with Crippen LogP contribution in [0.25, 0.3) is 0 Å². The van der Waals surface area contributed by atoms with E-state index in [1.807, 2.05) is 0 Å². The highest BCUT2D eigenvalue weighted by atomic mass is 35.5. The summed E-state index contributed by atoms with van der Waals surface area (Å²) in [6.07, 6.45) is 1.32. The van der Waals surface area contributed by atoms with Crippen molar-refractivity contribution in [3.8, 4) is 5.88 Å². The first-order valence-corrected chi connectivity index (χ1v) is 7.80. The summed E-state index contributed by atoms with van der Waals surface area (Å²) >= 11 is 5.69. The maximum atomic E-state index is 13.4. The van der Waals surface area contributed by atoms with Crippen molar-refractivity contribution in [3.63, 3.8) is 0 Å². The molecule has 2 heterocycles. The maximum absolute atomic E-state index is 13.4. The zero-order valence-electron chi connectivity index (χ0n) is 14.0. The van der Waals surface area contributed by atoms with Crippen LogP contribution < -0.4 is 10.1 Å². The molecular formula is C15H15ClF2N4O5. The van der Waals surface area contributed by atoms with Crippen molar-refractivity contribution in [3.05, 3.63) is 35.1 Å². The predicted molar refractivity (Wildman–Crippen MR) is 89.4 cm³/mol. The number of nitrogens with one attached hydrogen (secondary N) is 1. The van der Waals surface area contributed by atoms with E-state index in [-0.39, 0.29) is 11.7 Å². The van der Waals surface area contributed by atoms with Crippen molar-refractivity contribution in [2.24, 2.45) is 0 Å². The van der Waals surface area contributed by atoms with E-state index in [9.17, 15) is 23.5 Å². The Morgan fingerprint density at radius 1 is 1.37 bits per heavy atom. The second-order valence-electron chi connectivity index (χ2n) is 5.32. The third-order valence-corrected chi connectivity index (χ3v) is 3.28. The van der Waals surface area contributed by atoms with Crippen molar-refractivity contribution in [2.45, 2.75) is 12.5 Å². The van der Waals surface area contributed by atoms with Gasteiger partial charge in [0.15, 0.2) is 12.3 Å².